The van der Waals surface area contributed by atoms with Crippen molar-refractivity contribution in [1.29, 1.82) is 0 Å². The summed E-state index contributed by atoms with van der Waals surface area (Å²) in [6.07, 6.45) is 1.92. The molecule has 3 rings (SSSR count). The number of esters is 1. The molecular formula is C20H21Cl2NO4. The molecule has 0 spiro atoms. The maximum absolute atomic E-state index is 12.9. The SMILES string of the molecule is COCCOC(=O)C1C(C)=NC2=C(C(=O)CCC2)[C@@H]1c1ccc(Cl)cc1Cl. The van der Waals surface area contributed by atoms with Crippen LogP contribution in [-0.2, 0) is 19.1 Å². The zero-order valence-corrected chi connectivity index (χ0v) is 16.8. The van der Waals surface area contributed by atoms with E-state index >= 15 is 0 Å². The van der Waals surface area contributed by atoms with Gasteiger partial charge in [-0.25, -0.2) is 0 Å². The second-order valence-corrected chi connectivity index (χ2v) is 7.52. The summed E-state index contributed by atoms with van der Waals surface area (Å²) >= 11 is 12.5. The minimum absolute atomic E-state index is 0.0122. The van der Waals surface area contributed by atoms with Crippen molar-refractivity contribution in [2.75, 3.05) is 20.3 Å². The van der Waals surface area contributed by atoms with Crippen LogP contribution in [0.2, 0.25) is 10.0 Å². The number of hydrogen-bond donors (Lipinski definition) is 0. The number of ketones is 1. The third-order valence-corrected chi connectivity index (χ3v) is 5.48. The van der Waals surface area contributed by atoms with Gasteiger partial charge in [0.1, 0.15) is 12.5 Å². The van der Waals surface area contributed by atoms with E-state index < -0.39 is 17.8 Å². The molecule has 0 amide bonds. The number of carbonyl (C=O) groups excluding carboxylic acids is 2. The number of benzene rings is 1. The number of rotatable bonds is 5. The smallest absolute Gasteiger partial charge is 0.315 e. The first-order valence-electron chi connectivity index (χ1n) is 8.86. The van der Waals surface area contributed by atoms with Gasteiger partial charge in [0, 0.05) is 46.5 Å². The van der Waals surface area contributed by atoms with Crippen molar-refractivity contribution in [1.82, 2.24) is 0 Å². The Morgan fingerprint density at radius 1 is 1.26 bits per heavy atom. The summed E-state index contributed by atoms with van der Waals surface area (Å²) in [5.41, 5.74) is 2.64. The number of ether oxygens (including phenoxy) is 2. The fraction of sp³-hybridized carbons (Fsp3) is 0.450. The van der Waals surface area contributed by atoms with Crippen LogP contribution in [0.25, 0.3) is 0 Å². The van der Waals surface area contributed by atoms with Crippen LogP contribution in [0.1, 0.15) is 37.7 Å². The Balaban J connectivity index is 2.08. The van der Waals surface area contributed by atoms with E-state index in [2.05, 4.69) is 4.99 Å². The molecule has 0 radical (unpaired) electrons. The van der Waals surface area contributed by atoms with E-state index in [0.717, 1.165) is 12.1 Å². The highest BCUT2D eigenvalue weighted by Crippen LogP contribution is 2.45. The minimum atomic E-state index is -0.707. The van der Waals surface area contributed by atoms with Gasteiger partial charge in [-0.2, -0.15) is 0 Å². The van der Waals surface area contributed by atoms with Gasteiger partial charge in [0.05, 0.1) is 6.61 Å². The fourth-order valence-electron chi connectivity index (χ4n) is 3.72. The predicted molar refractivity (Wildman–Crippen MR) is 105 cm³/mol. The van der Waals surface area contributed by atoms with Crippen LogP contribution in [0.3, 0.4) is 0 Å². The molecule has 27 heavy (non-hydrogen) atoms. The van der Waals surface area contributed by atoms with E-state index in [0.29, 0.717) is 46.3 Å². The van der Waals surface area contributed by atoms with E-state index in [1.165, 1.54) is 7.11 Å². The highest BCUT2D eigenvalue weighted by molar-refractivity contribution is 6.35. The summed E-state index contributed by atoms with van der Waals surface area (Å²) in [6.45, 7) is 2.23. The number of carbonyl (C=O) groups is 2. The van der Waals surface area contributed by atoms with Crippen LogP contribution in [0.5, 0.6) is 0 Å². The molecule has 5 nitrogen and oxygen atoms in total. The third kappa shape index (κ3) is 4.10. The number of methoxy groups -OCH3 is 1. The first-order valence-corrected chi connectivity index (χ1v) is 9.61. The molecule has 0 N–H and O–H groups in total. The molecule has 0 bridgehead atoms. The molecule has 0 saturated heterocycles. The second-order valence-electron chi connectivity index (χ2n) is 6.67. The molecule has 0 saturated carbocycles. The summed E-state index contributed by atoms with van der Waals surface area (Å²) in [7, 11) is 1.54. The van der Waals surface area contributed by atoms with E-state index in [4.69, 9.17) is 32.7 Å². The number of allylic oxidation sites excluding steroid dienone is 2. The van der Waals surface area contributed by atoms with Gasteiger partial charge in [0.2, 0.25) is 0 Å². The topological polar surface area (TPSA) is 65.0 Å². The molecule has 2 aliphatic rings. The molecule has 1 aromatic carbocycles. The minimum Gasteiger partial charge on any atom is -0.463 e. The van der Waals surface area contributed by atoms with Gasteiger partial charge in [0.25, 0.3) is 0 Å². The summed E-state index contributed by atoms with van der Waals surface area (Å²) in [5, 5.41) is 0.912. The number of Topliss-reactive ketones (excluding diaryl/α,β-unsaturated/α-hetero) is 1. The molecule has 7 heteroatoms. The Hall–Kier alpha value is -1.69. The van der Waals surface area contributed by atoms with Crippen molar-refractivity contribution in [2.45, 2.75) is 32.1 Å². The summed E-state index contributed by atoms with van der Waals surface area (Å²) in [5.74, 6) is -1.65. The zero-order valence-electron chi connectivity index (χ0n) is 15.3. The molecule has 1 aliphatic carbocycles. The van der Waals surface area contributed by atoms with Crippen LogP contribution < -0.4 is 0 Å². The Morgan fingerprint density at radius 2 is 2.04 bits per heavy atom. The second kappa shape index (κ2) is 8.55. The fourth-order valence-corrected chi connectivity index (χ4v) is 4.24. The average Bonchev–Trinajstić information content (AvgIpc) is 2.61. The van der Waals surface area contributed by atoms with Crippen molar-refractivity contribution < 1.29 is 19.1 Å². The van der Waals surface area contributed by atoms with Crippen molar-refractivity contribution in [3.05, 3.63) is 45.1 Å². The lowest BCUT2D eigenvalue weighted by atomic mass is 9.72. The summed E-state index contributed by atoms with van der Waals surface area (Å²) in [6, 6.07) is 5.11. The van der Waals surface area contributed by atoms with Gasteiger partial charge in [0.15, 0.2) is 5.78 Å². The predicted octanol–water partition coefficient (Wildman–Crippen LogP) is 4.36. The number of nitrogens with zero attached hydrogens (tertiary/aromatic N) is 1. The van der Waals surface area contributed by atoms with Gasteiger partial charge in [-0.1, -0.05) is 29.3 Å². The highest BCUT2D eigenvalue weighted by Gasteiger charge is 2.43. The largest absolute Gasteiger partial charge is 0.463 e. The monoisotopic (exact) mass is 409 g/mol. The molecule has 2 atom stereocenters. The van der Waals surface area contributed by atoms with Gasteiger partial charge in [-0.05, 0) is 37.5 Å². The molecule has 1 aliphatic heterocycles. The van der Waals surface area contributed by atoms with Crippen molar-refractivity contribution in [3.63, 3.8) is 0 Å². The van der Waals surface area contributed by atoms with Gasteiger partial charge in [-0.3, -0.25) is 14.6 Å². The van der Waals surface area contributed by atoms with Gasteiger partial charge in [-0.15, -0.1) is 0 Å². The molecule has 144 valence electrons. The Bertz CT molecular complexity index is 831. The lowest BCUT2D eigenvalue weighted by Crippen LogP contribution is -2.37. The standard InChI is InChI=1S/C20H21Cl2NO4/c1-11-17(20(25)27-9-8-26-2)18(13-7-6-12(21)10-14(13)22)19-15(23-11)4-3-5-16(19)24/h6-7,10,17-18H,3-5,8-9H2,1-2H3/t17?,18-/m1/s1. The molecular weight excluding hydrogens is 389 g/mol. The average molecular weight is 410 g/mol. The molecule has 1 aromatic rings. The quantitative estimate of drug-likeness (QED) is 0.534. The molecule has 1 unspecified atom stereocenters. The Morgan fingerprint density at radius 3 is 2.74 bits per heavy atom. The first-order chi connectivity index (χ1) is 12.9. The van der Waals surface area contributed by atoms with E-state index in [1.54, 1.807) is 25.1 Å². The Labute approximate surface area is 168 Å². The third-order valence-electron chi connectivity index (χ3n) is 4.92. The van der Waals surface area contributed by atoms with Gasteiger partial charge < -0.3 is 9.47 Å². The van der Waals surface area contributed by atoms with Crippen LogP contribution in [0.4, 0.5) is 0 Å². The van der Waals surface area contributed by atoms with Crippen LogP contribution in [-0.4, -0.2) is 37.8 Å². The van der Waals surface area contributed by atoms with Crippen LogP contribution >= 0.6 is 23.2 Å². The van der Waals surface area contributed by atoms with Gasteiger partial charge >= 0.3 is 5.97 Å². The number of hydrogen-bond acceptors (Lipinski definition) is 5. The molecule has 1 heterocycles. The van der Waals surface area contributed by atoms with E-state index in [9.17, 15) is 9.59 Å². The van der Waals surface area contributed by atoms with E-state index in [-0.39, 0.29) is 12.4 Å². The summed E-state index contributed by atoms with van der Waals surface area (Å²) < 4.78 is 10.3. The van der Waals surface area contributed by atoms with Crippen molar-refractivity contribution in [3.8, 4) is 0 Å². The molecule has 0 aromatic heterocycles. The van der Waals surface area contributed by atoms with Crippen LogP contribution in [0, 0.1) is 5.92 Å². The summed E-state index contributed by atoms with van der Waals surface area (Å²) in [4.78, 5) is 30.2. The maximum Gasteiger partial charge on any atom is 0.315 e. The lowest BCUT2D eigenvalue weighted by Gasteiger charge is -2.34. The zero-order chi connectivity index (χ0) is 19.6. The first kappa shape index (κ1) is 20.1. The Kier molecular flexibility index (Phi) is 6.35. The molecule has 0 fully saturated rings. The van der Waals surface area contributed by atoms with E-state index in [1.807, 2.05) is 0 Å². The normalized spacial score (nSPS) is 22.4. The van der Waals surface area contributed by atoms with Crippen molar-refractivity contribution in [2.24, 2.45) is 10.9 Å². The lowest BCUT2D eigenvalue weighted by molar-refractivity contribution is -0.147. The maximum atomic E-state index is 12.9. The number of aliphatic imine (C=N–C) groups is 1. The highest BCUT2D eigenvalue weighted by atomic mass is 35.5. The van der Waals surface area contributed by atoms with Crippen molar-refractivity contribution >= 4 is 40.7 Å². The van der Waals surface area contributed by atoms with Crippen LogP contribution in [0.15, 0.2) is 34.5 Å². The number of halogens is 2.